The SMILES string of the molecule is [Fe].[cH-]1[cH-][cH-][cH-][cH-]1.c1cc[c-](-c2ccsn2)c1. The molecule has 0 aliphatic heterocycles. The molecule has 0 aliphatic rings. The first-order valence-corrected chi connectivity index (χ1v) is 5.59. The van der Waals surface area contributed by atoms with Crippen LogP contribution in [0.3, 0.4) is 0 Å². The average molecular weight is 269 g/mol. The Balaban J connectivity index is 0.000000183. The third kappa shape index (κ3) is 3.78. The van der Waals surface area contributed by atoms with E-state index in [-0.39, 0.29) is 17.1 Å². The van der Waals surface area contributed by atoms with Gasteiger partial charge in [0.05, 0.1) is 0 Å². The number of hydrogen-bond donors (Lipinski definition) is 0. The molecule has 1 aromatic heterocycles. The fraction of sp³-hybridized carbons (Fsp3) is 0. The monoisotopic (exact) mass is 269 g/mol. The second-order valence-corrected chi connectivity index (χ2v) is 3.69. The van der Waals surface area contributed by atoms with Crippen LogP contribution in [0.15, 0.2) is 66.0 Å². The third-order valence-corrected chi connectivity index (χ3v) is 2.51. The van der Waals surface area contributed by atoms with Crippen LogP contribution in [0.5, 0.6) is 0 Å². The van der Waals surface area contributed by atoms with Crippen LogP contribution in [0, 0.1) is 0 Å². The average Bonchev–Trinajstić information content (AvgIpc) is 3.06. The van der Waals surface area contributed by atoms with Crippen molar-refractivity contribution in [2.45, 2.75) is 0 Å². The summed E-state index contributed by atoms with van der Waals surface area (Å²) in [7, 11) is 0. The summed E-state index contributed by atoms with van der Waals surface area (Å²) in [5, 5.41) is 1.99. The molecule has 2 aromatic carbocycles. The standard InChI is InChI=1S/C8H6NS.C5H5.Fe/c1-2-4-7(3-1)8-5-6-10-9-8;1-2-4-5-3-1;/h1-6H;1-5H;/q-1;-5;. The molecular weight excluding hydrogens is 258 g/mol. The summed E-state index contributed by atoms with van der Waals surface area (Å²) in [6.07, 6.45) is 0. The fourth-order valence-electron chi connectivity index (χ4n) is 1.23. The van der Waals surface area contributed by atoms with E-state index < -0.39 is 0 Å². The van der Waals surface area contributed by atoms with E-state index in [4.69, 9.17) is 0 Å². The van der Waals surface area contributed by atoms with Crippen LogP contribution in [0.2, 0.25) is 0 Å². The molecule has 0 bridgehead atoms. The predicted molar refractivity (Wildman–Crippen MR) is 65.2 cm³/mol. The molecule has 0 saturated carbocycles. The first-order chi connectivity index (χ1) is 7.47. The summed E-state index contributed by atoms with van der Waals surface area (Å²) in [5.74, 6) is 0. The van der Waals surface area contributed by atoms with Crippen LogP contribution in [0.4, 0.5) is 0 Å². The molecule has 0 N–H and O–H groups in total. The topological polar surface area (TPSA) is 12.9 Å². The van der Waals surface area contributed by atoms with Crippen molar-refractivity contribution in [3.05, 3.63) is 66.0 Å². The summed E-state index contributed by atoms with van der Waals surface area (Å²) in [5.41, 5.74) is 2.29. The fourth-order valence-corrected chi connectivity index (χ4v) is 1.76. The van der Waals surface area contributed by atoms with E-state index in [1.165, 1.54) is 17.1 Å². The summed E-state index contributed by atoms with van der Waals surface area (Å²) in [6, 6.07) is 20.2. The summed E-state index contributed by atoms with van der Waals surface area (Å²) < 4.78 is 4.20. The zero-order valence-corrected chi connectivity index (χ0v) is 10.5. The van der Waals surface area contributed by atoms with Gasteiger partial charge in [-0.3, -0.25) is 0 Å². The molecule has 0 spiro atoms. The van der Waals surface area contributed by atoms with E-state index in [2.05, 4.69) is 16.5 Å². The first-order valence-electron chi connectivity index (χ1n) is 4.76. The largest absolute Gasteiger partial charge is 0.748 e. The van der Waals surface area contributed by atoms with Crippen LogP contribution >= 0.6 is 11.5 Å². The Hall–Kier alpha value is -1.15. The van der Waals surface area contributed by atoms with Crippen LogP contribution in [-0.2, 0) is 17.1 Å². The quantitative estimate of drug-likeness (QED) is 0.481. The van der Waals surface area contributed by atoms with Gasteiger partial charge in [-0.1, -0.05) is 23.2 Å². The minimum Gasteiger partial charge on any atom is -0.748 e. The van der Waals surface area contributed by atoms with Gasteiger partial charge in [0.15, 0.2) is 0 Å². The zero-order chi connectivity index (χ0) is 10.3. The van der Waals surface area contributed by atoms with Crippen molar-refractivity contribution in [2.24, 2.45) is 0 Å². The van der Waals surface area contributed by atoms with Gasteiger partial charge in [0, 0.05) is 22.8 Å². The molecule has 16 heavy (non-hydrogen) atoms. The summed E-state index contributed by atoms with van der Waals surface area (Å²) >= 11 is 1.49. The van der Waals surface area contributed by atoms with Gasteiger partial charge in [-0.2, -0.15) is 12.1 Å². The van der Waals surface area contributed by atoms with Crippen LogP contribution in [0.25, 0.3) is 11.3 Å². The van der Waals surface area contributed by atoms with E-state index >= 15 is 0 Å². The van der Waals surface area contributed by atoms with Gasteiger partial charge in [-0.05, 0) is 5.38 Å². The molecule has 0 fully saturated rings. The zero-order valence-electron chi connectivity index (χ0n) is 8.56. The first kappa shape index (κ1) is 12.9. The molecule has 1 nitrogen and oxygen atoms in total. The molecular formula is C13H11FeNS-6. The van der Waals surface area contributed by atoms with Gasteiger partial charge in [0.2, 0.25) is 0 Å². The predicted octanol–water partition coefficient (Wildman–Crippen LogP) is 3.93. The third-order valence-electron chi connectivity index (χ3n) is 1.95. The van der Waals surface area contributed by atoms with E-state index in [0.29, 0.717) is 0 Å². The van der Waals surface area contributed by atoms with Gasteiger partial charge in [-0.25, -0.2) is 4.37 Å². The summed E-state index contributed by atoms with van der Waals surface area (Å²) in [6.45, 7) is 0. The van der Waals surface area contributed by atoms with Crippen molar-refractivity contribution >= 4 is 11.5 Å². The summed E-state index contributed by atoms with van der Waals surface area (Å²) in [4.78, 5) is 0. The second-order valence-electron chi connectivity index (χ2n) is 3.02. The molecule has 0 amide bonds. The maximum absolute atomic E-state index is 4.20. The number of nitrogens with zero attached hydrogens (tertiary/aromatic N) is 1. The van der Waals surface area contributed by atoms with Gasteiger partial charge < -0.3 is 30.3 Å². The van der Waals surface area contributed by atoms with Crippen molar-refractivity contribution in [2.75, 3.05) is 0 Å². The molecule has 0 radical (unpaired) electrons. The normalized spacial score (nSPS) is 8.75. The Labute approximate surface area is 110 Å². The van der Waals surface area contributed by atoms with E-state index in [1.807, 2.05) is 53.9 Å². The molecule has 0 aliphatic carbocycles. The minimum absolute atomic E-state index is 0. The Morgan fingerprint density at radius 3 is 2.00 bits per heavy atom. The molecule has 1 heterocycles. The van der Waals surface area contributed by atoms with Crippen molar-refractivity contribution in [1.29, 1.82) is 0 Å². The Morgan fingerprint density at radius 1 is 1.00 bits per heavy atom. The van der Waals surface area contributed by atoms with Crippen molar-refractivity contribution in [3.8, 4) is 11.3 Å². The number of hydrogen-bond acceptors (Lipinski definition) is 2. The Kier molecular flexibility index (Phi) is 5.79. The van der Waals surface area contributed by atoms with Gasteiger partial charge in [0.25, 0.3) is 0 Å². The molecule has 0 unspecified atom stereocenters. The maximum Gasteiger partial charge on any atom is 0.00270 e. The van der Waals surface area contributed by atoms with Crippen LogP contribution in [0.1, 0.15) is 0 Å². The van der Waals surface area contributed by atoms with E-state index in [9.17, 15) is 0 Å². The maximum atomic E-state index is 4.20. The smallest absolute Gasteiger partial charge is 0.00270 e. The Bertz CT molecular complexity index is 391. The minimum atomic E-state index is 0. The molecule has 3 aromatic rings. The van der Waals surface area contributed by atoms with Crippen molar-refractivity contribution in [3.63, 3.8) is 0 Å². The van der Waals surface area contributed by atoms with Crippen LogP contribution in [-0.4, -0.2) is 4.37 Å². The van der Waals surface area contributed by atoms with Gasteiger partial charge in [-0.15, -0.1) is 12.1 Å². The molecule has 3 heteroatoms. The van der Waals surface area contributed by atoms with E-state index in [0.717, 1.165) is 5.69 Å². The molecule has 88 valence electrons. The van der Waals surface area contributed by atoms with Crippen LogP contribution < -0.4 is 0 Å². The molecule has 3 rings (SSSR count). The Morgan fingerprint density at radius 2 is 1.56 bits per heavy atom. The molecule has 0 atom stereocenters. The second kappa shape index (κ2) is 7.18. The van der Waals surface area contributed by atoms with E-state index in [1.54, 1.807) is 0 Å². The van der Waals surface area contributed by atoms with Crippen molar-refractivity contribution < 1.29 is 17.1 Å². The van der Waals surface area contributed by atoms with Gasteiger partial charge in [0.1, 0.15) is 0 Å². The number of rotatable bonds is 1. The van der Waals surface area contributed by atoms with Crippen molar-refractivity contribution in [1.82, 2.24) is 4.37 Å². The molecule has 0 saturated heterocycles. The number of aromatic nitrogens is 1. The van der Waals surface area contributed by atoms with Gasteiger partial charge >= 0.3 is 0 Å².